The molecule has 0 saturated carbocycles. The van der Waals surface area contributed by atoms with E-state index in [2.05, 4.69) is 17.1 Å². The molecular weight excluding hydrogens is 388 g/mol. The summed E-state index contributed by atoms with van der Waals surface area (Å²) in [6, 6.07) is 9.87. The van der Waals surface area contributed by atoms with E-state index in [1.165, 1.54) is 35.1 Å². The number of hydrogen-bond acceptors (Lipinski definition) is 7. The zero-order valence-electron chi connectivity index (χ0n) is 15.8. The summed E-state index contributed by atoms with van der Waals surface area (Å²) >= 11 is 3.52. The van der Waals surface area contributed by atoms with Crippen LogP contribution in [0.25, 0.3) is 21.7 Å². The molecular formula is C21H20N4OS2. The molecule has 0 aliphatic heterocycles. The van der Waals surface area contributed by atoms with Crippen LogP contribution in [0.4, 0.5) is 0 Å². The van der Waals surface area contributed by atoms with Crippen molar-refractivity contribution in [1.82, 2.24) is 20.2 Å². The third-order valence-electron chi connectivity index (χ3n) is 4.99. The van der Waals surface area contributed by atoms with Crippen LogP contribution in [0, 0.1) is 6.92 Å². The molecule has 0 fully saturated rings. The van der Waals surface area contributed by atoms with Crippen molar-refractivity contribution >= 4 is 33.3 Å². The summed E-state index contributed by atoms with van der Waals surface area (Å²) < 4.78 is 5.96. The largest absolute Gasteiger partial charge is 0.419 e. The number of thioether (sulfide) groups is 1. The van der Waals surface area contributed by atoms with E-state index in [0.29, 0.717) is 11.8 Å². The summed E-state index contributed by atoms with van der Waals surface area (Å²) in [6.45, 7) is 4.06. The number of fused-ring (bicyclic) bond motifs is 3. The van der Waals surface area contributed by atoms with Gasteiger partial charge in [0.15, 0.2) is 0 Å². The van der Waals surface area contributed by atoms with Gasteiger partial charge in [-0.3, -0.25) is 0 Å². The molecule has 0 amide bonds. The van der Waals surface area contributed by atoms with Gasteiger partial charge in [-0.2, -0.15) is 0 Å². The van der Waals surface area contributed by atoms with Gasteiger partial charge in [0, 0.05) is 15.8 Å². The first-order valence-corrected chi connectivity index (χ1v) is 11.2. The van der Waals surface area contributed by atoms with Gasteiger partial charge in [-0.1, -0.05) is 30.0 Å². The summed E-state index contributed by atoms with van der Waals surface area (Å²) in [5, 5.41) is 10.8. The SMILES string of the molecule is Cc1nc(S[C@H](C)c2nnc(-c3ccccc3)o2)c2c3c(sc2n1)CCCC3. The number of aryl methyl sites for hydroxylation is 3. The zero-order chi connectivity index (χ0) is 19.1. The number of nitrogens with zero attached hydrogens (tertiary/aromatic N) is 4. The topological polar surface area (TPSA) is 64.7 Å². The van der Waals surface area contributed by atoms with Crippen LogP contribution in [0.5, 0.6) is 0 Å². The highest BCUT2D eigenvalue weighted by Crippen LogP contribution is 2.43. The standard InChI is InChI=1S/C21H20N4OS2/c1-12(18-24-25-19(26-18)14-8-4-3-5-9-14)27-20-17-15-10-6-7-11-16(15)28-21(17)23-13(2)22-20/h3-5,8-9,12H,6-7,10-11H2,1-2H3/t12-/m1/s1. The van der Waals surface area contributed by atoms with Crippen molar-refractivity contribution in [3.8, 4) is 11.5 Å². The van der Waals surface area contributed by atoms with Gasteiger partial charge in [-0.05, 0) is 57.2 Å². The van der Waals surface area contributed by atoms with Crippen LogP contribution >= 0.6 is 23.1 Å². The highest BCUT2D eigenvalue weighted by molar-refractivity contribution is 7.99. The van der Waals surface area contributed by atoms with E-state index >= 15 is 0 Å². The maximum absolute atomic E-state index is 5.96. The van der Waals surface area contributed by atoms with Crippen LogP contribution in [0.2, 0.25) is 0 Å². The van der Waals surface area contributed by atoms with E-state index in [1.807, 2.05) is 48.6 Å². The van der Waals surface area contributed by atoms with Crippen molar-refractivity contribution in [2.75, 3.05) is 0 Å². The molecule has 0 unspecified atom stereocenters. The van der Waals surface area contributed by atoms with E-state index in [9.17, 15) is 0 Å². The van der Waals surface area contributed by atoms with Crippen molar-refractivity contribution in [1.29, 1.82) is 0 Å². The number of thiophene rings is 1. The van der Waals surface area contributed by atoms with Crippen LogP contribution in [0.15, 0.2) is 39.8 Å². The Morgan fingerprint density at radius 2 is 1.89 bits per heavy atom. The summed E-state index contributed by atoms with van der Waals surface area (Å²) in [5.74, 6) is 1.99. The Kier molecular flexibility index (Phi) is 4.64. The van der Waals surface area contributed by atoms with Crippen molar-refractivity contribution in [2.24, 2.45) is 0 Å². The number of hydrogen-bond donors (Lipinski definition) is 0. The second-order valence-corrected chi connectivity index (χ2v) is 9.45. The van der Waals surface area contributed by atoms with Gasteiger partial charge in [0.05, 0.1) is 5.25 Å². The first-order valence-electron chi connectivity index (χ1n) is 9.53. The number of aromatic nitrogens is 4. The Morgan fingerprint density at radius 3 is 2.75 bits per heavy atom. The van der Waals surface area contributed by atoms with Crippen LogP contribution in [-0.2, 0) is 12.8 Å². The van der Waals surface area contributed by atoms with Crippen molar-refractivity contribution in [2.45, 2.75) is 49.8 Å². The predicted molar refractivity (Wildman–Crippen MR) is 113 cm³/mol. The van der Waals surface area contributed by atoms with E-state index in [0.717, 1.165) is 27.7 Å². The first kappa shape index (κ1) is 17.8. The van der Waals surface area contributed by atoms with Gasteiger partial charge in [0.2, 0.25) is 11.8 Å². The number of benzene rings is 1. The van der Waals surface area contributed by atoms with Crippen LogP contribution in [0.1, 0.15) is 47.2 Å². The Balaban J connectivity index is 1.48. The molecule has 28 heavy (non-hydrogen) atoms. The molecule has 1 aromatic carbocycles. The molecule has 5 rings (SSSR count). The minimum atomic E-state index is 0.0154. The Labute approximate surface area is 171 Å². The summed E-state index contributed by atoms with van der Waals surface area (Å²) in [5.41, 5.74) is 2.39. The maximum Gasteiger partial charge on any atom is 0.247 e. The average Bonchev–Trinajstić information content (AvgIpc) is 3.33. The molecule has 1 aliphatic rings. The molecule has 3 heterocycles. The van der Waals surface area contributed by atoms with Gasteiger partial charge in [-0.15, -0.1) is 21.5 Å². The summed E-state index contributed by atoms with van der Waals surface area (Å²) in [7, 11) is 0. The molecule has 0 saturated heterocycles. The Hall–Kier alpha value is -2.25. The van der Waals surface area contributed by atoms with Gasteiger partial charge >= 0.3 is 0 Å². The minimum Gasteiger partial charge on any atom is -0.419 e. The van der Waals surface area contributed by atoms with Gasteiger partial charge < -0.3 is 4.42 Å². The van der Waals surface area contributed by atoms with Gasteiger partial charge in [0.1, 0.15) is 15.7 Å². The highest BCUT2D eigenvalue weighted by atomic mass is 32.2. The van der Waals surface area contributed by atoms with E-state index < -0.39 is 0 Å². The third-order valence-corrected chi connectivity index (χ3v) is 7.25. The van der Waals surface area contributed by atoms with Crippen molar-refractivity contribution in [3.63, 3.8) is 0 Å². The lowest BCUT2D eigenvalue weighted by Gasteiger charge is -2.13. The molecule has 0 spiro atoms. The fraction of sp³-hybridized carbons (Fsp3) is 0.333. The normalized spacial score (nSPS) is 14.9. The quantitative estimate of drug-likeness (QED) is 0.315. The first-order chi connectivity index (χ1) is 13.7. The molecule has 1 atom stereocenters. The maximum atomic E-state index is 5.96. The fourth-order valence-corrected chi connectivity index (χ4v) is 6.05. The molecule has 4 aromatic rings. The molecule has 3 aromatic heterocycles. The van der Waals surface area contributed by atoms with E-state index in [-0.39, 0.29) is 5.25 Å². The van der Waals surface area contributed by atoms with Crippen LogP contribution < -0.4 is 0 Å². The second-order valence-electron chi connectivity index (χ2n) is 7.04. The Bertz CT molecular complexity index is 1140. The second kappa shape index (κ2) is 7.29. The fourth-order valence-electron chi connectivity index (χ4n) is 3.62. The molecule has 5 nitrogen and oxygen atoms in total. The summed E-state index contributed by atoms with van der Waals surface area (Å²) in [4.78, 5) is 12.1. The molecule has 0 bridgehead atoms. The molecule has 0 N–H and O–H groups in total. The van der Waals surface area contributed by atoms with Gasteiger partial charge in [0.25, 0.3) is 0 Å². The molecule has 0 radical (unpaired) electrons. The van der Waals surface area contributed by atoms with Gasteiger partial charge in [-0.25, -0.2) is 9.97 Å². The third kappa shape index (κ3) is 3.22. The predicted octanol–water partition coefficient (Wildman–Crippen LogP) is 5.78. The lowest BCUT2D eigenvalue weighted by Crippen LogP contribution is -2.00. The smallest absolute Gasteiger partial charge is 0.247 e. The van der Waals surface area contributed by atoms with E-state index in [4.69, 9.17) is 14.4 Å². The Morgan fingerprint density at radius 1 is 1.07 bits per heavy atom. The average molecular weight is 409 g/mol. The molecule has 142 valence electrons. The van der Waals surface area contributed by atoms with Crippen LogP contribution in [0.3, 0.4) is 0 Å². The number of rotatable bonds is 4. The minimum absolute atomic E-state index is 0.0154. The lowest BCUT2D eigenvalue weighted by atomic mass is 9.97. The molecule has 7 heteroatoms. The van der Waals surface area contributed by atoms with Crippen molar-refractivity contribution in [3.05, 3.63) is 52.5 Å². The van der Waals surface area contributed by atoms with E-state index in [1.54, 1.807) is 11.8 Å². The highest BCUT2D eigenvalue weighted by Gasteiger charge is 2.24. The lowest BCUT2D eigenvalue weighted by molar-refractivity contribution is 0.509. The monoisotopic (exact) mass is 408 g/mol. The van der Waals surface area contributed by atoms with Crippen molar-refractivity contribution < 1.29 is 4.42 Å². The van der Waals surface area contributed by atoms with Crippen LogP contribution in [-0.4, -0.2) is 20.2 Å². The summed E-state index contributed by atoms with van der Waals surface area (Å²) in [6.07, 6.45) is 4.81. The molecule has 1 aliphatic carbocycles. The zero-order valence-corrected chi connectivity index (χ0v) is 17.4.